The Bertz CT molecular complexity index is 732. The van der Waals surface area contributed by atoms with Gasteiger partial charge in [-0.05, 0) is 6.07 Å². The maximum atomic E-state index is 10.4. The van der Waals surface area contributed by atoms with Crippen LogP contribution in [0.5, 0.6) is 5.75 Å². The number of hydrogen-bond acceptors (Lipinski definition) is 6. The molecule has 27 heavy (non-hydrogen) atoms. The number of nitrogens with zero attached hydrogens (tertiary/aromatic N) is 3. The first kappa shape index (κ1) is 18.8. The molecule has 4 rings (SSSR count). The van der Waals surface area contributed by atoms with E-state index in [9.17, 15) is 5.11 Å². The minimum atomic E-state index is -0.454. The van der Waals surface area contributed by atoms with E-state index < -0.39 is 6.10 Å². The molecule has 1 atom stereocenters. The lowest BCUT2D eigenvalue weighted by molar-refractivity contribution is 0.0707. The SMILES string of the molecule is O[C@@H](COc1ccccc1CN1CCc2[nH]ncc2C1)CN1CCSCC1. The van der Waals surface area contributed by atoms with Crippen LogP contribution in [-0.4, -0.2) is 75.5 Å². The van der Waals surface area contributed by atoms with Gasteiger partial charge in [-0.3, -0.25) is 14.9 Å². The maximum absolute atomic E-state index is 10.4. The smallest absolute Gasteiger partial charge is 0.123 e. The highest BCUT2D eigenvalue weighted by molar-refractivity contribution is 7.99. The van der Waals surface area contributed by atoms with E-state index in [1.165, 1.54) is 16.8 Å². The van der Waals surface area contributed by atoms with Crippen molar-refractivity contribution in [1.29, 1.82) is 0 Å². The predicted molar refractivity (Wildman–Crippen MR) is 108 cm³/mol. The highest BCUT2D eigenvalue weighted by Gasteiger charge is 2.20. The van der Waals surface area contributed by atoms with Crippen molar-refractivity contribution >= 4 is 11.8 Å². The molecule has 6 nitrogen and oxygen atoms in total. The zero-order chi connectivity index (χ0) is 18.5. The van der Waals surface area contributed by atoms with Gasteiger partial charge in [0.05, 0.1) is 6.20 Å². The van der Waals surface area contributed by atoms with Crippen LogP contribution in [0.15, 0.2) is 30.5 Å². The molecule has 0 aliphatic carbocycles. The molecule has 0 bridgehead atoms. The summed E-state index contributed by atoms with van der Waals surface area (Å²) in [5.41, 5.74) is 3.72. The second-order valence-corrected chi connectivity index (χ2v) is 8.54. The van der Waals surface area contributed by atoms with Crippen LogP contribution >= 0.6 is 11.8 Å². The van der Waals surface area contributed by atoms with Crippen LogP contribution in [0.3, 0.4) is 0 Å². The summed E-state index contributed by atoms with van der Waals surface area (Å²) in [5, 5.41) is 17.6. The van der Waals surface area contributed by atoms with E-state index in [2.05, 4.69) is 32.1 Å². The van der Waals surface area contributed by atoms with E-state index in [1.807, 2.05) is 30.1 Å². The van der Waals surface area contributed by atoms with E-state index >= 15 is 0 Å². The van der Waals surface area contributed by atoms with Gasteiger partial charge in [-0.25, -0.2) is 0 Å². The number of aromatic nitrogens is 2. The summed E-state index contributed by atoms with van der Waals surface area (Å²) in [6, 6.07) is 8.18. The number of aliphatic hydroxyl groups excluding tert-OH is 1. The van der Waals surface area contributed by atoms with Crippen LogP contribution in [0.1, 0.15) is 16.8 Å². The standard InChI is InChI=1S/C20H28N4O2S/c25-18(14-23-7-9-27-10-8-23)15-26-20-4-2-1-3-16(20)12-24-6-5-19-17(13-24)11-21-22-19/h1-4,11,18,25H,5-10,12-15H2,(H,21,22)/t18-/m1/s1. The first-order valence-electron chi connectivity index (χ1n) is 9.70. The van der Waals surface area contributed by atoms with Gasteiger partial charge < -0.3 is 9.84 Å². The molecule has 2 aromatic rings. The van der Waals surface area contributed by atoms with E-state index in [1.54, 1.807) is 0 Å². The summed E-state index contributed by atoms with van der Waals surface area (Å²) in [6.45, 7) is 5.92. The molecular formula is C20H28N4O2S. The van der Waals surface area contributed by atoms with Crippen molar-refractivity contribution in [2.75, 3.05) is 44.3 Å². The number of β-amino-alcohol motifs (C(OH)–C–C–N with tert-alkyl or cyclic N) is 1. The molecule has 7 heteroatoms. The predicted octanol–water partition coefficient (Wildman–Crippen LogP) is 1.76. The molecule has 0 saturated carbocycles. The number of ether oxygens (including phenoxy) is 1. The third-order valence-electron chi connectivity index (χ3n) is 5.25. The molecule has 0 spiro atoms. The number of hydrogen-bond donors (Lipinski definition) is 2. The van der Waals surface area contributed by atoms with Gasteiger partial charge in [0.1, 0.15) is 18.5 Å². The van der Waals surface area contributed by atoms with Gasteiger partial charge in [0, 0.05) is 74.0 Å². The van der Waals surface area contributed by atoms with Gasteiger partial charge >= 0.3 is 0 Å². The zero-order valence-corrected chi connectivity index (χ0v) is 16.5. The molecule has 0 amide bonds. The largest absolute Gasteiger partial charge is 0.491 e. The summed E-state index contributed by atoms with van der Waals surface area (Å²) in [6.07, 6.45) is 2.48. The molecular weight excluding hydrogens is 360 g/mol. The number of thioether (sulfide) groups is 1. The number of para-hydroxylation sites is 1. The van der Waals surface area contributed by atoms with Crippen LogP contribution < -0.4 is 4.74 Å². The molecule has 0 radical (unpaired) electrons. The fourth-order valence-electron chi connectivity index (χ4n) is 3.75. The summed E-state index contributed by atoms with van der Waals surface area (Å²) in [5.74, 6) is 3.19. The van der Waals surface area contributed by atoms with E-state index in [-0.39, 0.29) is 0 Å². The Morgan fingerprint density at radius 2 is 2.04 bits per heavy atom. The van der Waals surface area contributed by atoms with Gasteiger partial charge in [0.15, 0.2) is 0 Å². The van der Waals surface area contributed by atoms with Crippen molar-refractivity contribution in [1.82, 2.24) is 20.0 Å². The molecule has 146 valence electrons. The molecule has 0 unspecified atom stereocenters. The molecule has 2 aliphatic heterocycles. The number of benzene rings is 1. The van der Waals surface area contributed by atoms with Gasteiger partial charge in [-0.1, -0.05) is 18.2 Å². The van der Waals surface area contributed by atoms with Gasteiger partial charge in [-0.15, -0.1) is 0 Å². The normalized spacial score (nSPS) is 19.6. The highest BCUT2D eigenvalue weighted by Crippen LogP contribution is 2.24. The monoisotopic (exact) mass is 388 g/mol. The van der Waals surface area contributed by atoms with Gasteiger partial charge in [0.2, 0.25) is 0 Å². The number of fused-ring (bicyclic) bond motifs is 1. The molecule has 1 aromatic heterocycles. The Morgan fingerprint density at radius 1 is 1.19 bits per heavy atom. The van der Waals surface area contributed by atoms with Crippen molar-refractivity contribution in [3.8, 4) is 5.75 Å². The lowest BCUT2D eigenvalue weighted by atomic mass is 10.1. The molecule has 1 saturated heterocycles. The van der Waals surface area contributed by atoms with Crippen LogP contribution in [0, 0.1) is 0 Å². The first-order chi connectivity index (χ1) is 13.3. The fraction of sp³-hybridized carbons (Fsp3) is 0.550. The van der Waals surface area contributed by atoms with Crippen molar-refractivity contribution in [2.24, 2.45) is 0 Å². The second-order valence-electron chi connectivity index (χ2n) is 7.32. The number of nitrogens with one attached hydrogen (secondary N) is 1. The maximum Gasteiger partial charge on any atom is 0.123 e. The van der Waals surface area contributed by atoms with Crippen molar-refractivity contribution in [3.63, 3.8) is 0 Å². The number of aromatic amines is 1. The molecule has 2 N–H and O–H groups in total. The third-order valence-corrected chi connectivity index (χ3v) is 6.19. The van der Waals surface area contributed by atoms with Crippen molar-refractivity contribution in [2.45, 2.75) is 25.6 Å². The lowest BCUT2D eigenvalue weighted by Gasteiger charge is -2.29. The highest BCUT2D eigenvalue weighted by atomic mass is 32.2. The number of aliphatic hydroxyl groups is 1. The van der Waals surface area contributed by atoms with E-state index in [0.29, 0.717) is 13.2 Å². The average Bonchev–Trinajstić information content (AvgIpc) is 3.16. The quantitative estimate of drug-likeness (QED) is 0.754. The third kappa shape index (κ3) is 5.04. The van der Waals surface area contributed by atoms with Crippen molar-refractivity contribution < 1.29 is 9.84 Å². The first-order valence-corrected chi connectivity index (χ1v) is 10.9. The van der Waals surface area contributed by atoms with Crippen LogP contribution in [-0.2, 0) is 19.5 Å². The Labute approximate surface area is 164 Å². The molecule has 3 heterocycles. The van der Waals surface area contributed by atoms with Crippen molar-refractivity contribution in [3.05, 3.63) is 47.3 Å². The minimum Gasteiger partial charge on any atom is -0.491 e. The summed E-state index contributed by atoms with van der Waals surface area (Å²) < 4.78 is 6.01. The fourth-order valence-corrected chi connectivity index (χ4v) is 4.73. The topological polar surface area (TPSA) is 64.6 Å². The van der Waals surface area contributed by atoms with Gasteiger partial charge in [-0.2, -0.15) is 16.9 Å². The number of rotatable bonds is 7. The Morgan fingerprint density at radius 3 is 2.93 bits per heavy atom. The lowest BCUT2D eigenvalue weighted by Crippen LogP contribution is -2.40. The Kier molecular flexibility index (Phi) is 6.34. The molecule has 1 fully saturated rings. The van der Waals surface area contributed by atoms with Gasteiger partial charge in [0.25, 0.3) is 0 Å². The van der Waals surface area contributed by atoms with Crippen LogP contribution in [0.2, 0.25) is 0 Å². The molecule has 1 aromatic carbocycles. The second kappa shape index (κ2) is 9.10. The number of H-pyrrole nitrogens is 1. The van der Waals surface area contributed by atoms with E-state index in [0.717, 1.165) is 56.4 Å². The Hall–Kier alpha value is -1.54. The Balaban J connectivity index is 1.31. The molecule has 2 aliphatic rings. The average molecular weight is 389 g/mol. The summed E-state index contributed by atoms with van der Waals surface area (Å²) >= 11 is 1.99. The van der Waals surface area contributed by atoms with Crippen LogP contribution in [0.4, 0.5) is 0 Å². The zero-order valence-electron chi connectivity index (χ0n) is 15.6. The summed E-state index contributed by atoms with van der Waals surface area (Å²) in [7, 11) is 0. The van der Waals surface area contributed by atoms with E-state index in [4.69, 9.17) is 4.74 Å². The minimum absolute atomic E-state index is 0.340. The summed E-state index contributed by atoms with van der Waals surface area (Å²) in [4.78, 5) is 4.74. The van der Waals surface area contributed by atoms with Crippen LogP contribution in [0.25, 0.3) is 0 Å².